The third-order valence-electron chi connectivity index (χ3n) is 4.27. The van der Waals surface area contributed by atoms with Gasteiger partial charge in [-0.15, -0.1) is 0 Å². The highest BCUT2D eigenvalue weighted by atomic mass is 16.8. The Labute approximate surface area is 146 Å². The third kappa shape index (κ3) is 4.42. The molecule has 0 aromatic heterocycles. The average Bonchev–Trinajstić information content (AvgIpc) is 3.09. The van der Waals surface area contributed by atoms with Gasteiger partial charge in [0.15, 0.2) is 12.1 Å². The van der Waals surface area contributed by atoms with Crippen molar-refractivity contribution in [1.82, 2.24) is 0 Å². The smallest absolute Gasteiger partial charge is 0.187 e. The van der Waals surface area contributed by atoms with Crippen LogP contribution in [0.5, 0.6) is 5.75 Å². The molecule has 0 radical (unpaired) electrons. The van der Waals surface area contributed by atoms with E-state index in [4.69, 9.17) is 29.2 Å². The molecule has 0 spiro atoms. The molecule has 1 aromatic carbocycles. The van der Waals surface area contributed by atoms with Crippen molar-refractivity contribution < 1.29 is 23.7 Å². The van der Waals surface area contributed by atoms with Crippen LogP contribution >= 0.6 is 0 Å². The quantitative estimate of drug-likeness (QED) is 0.428. The molecule has 0 saturated carbocycles. The zero-order chi connectivity index (χ0) is 17.9. The molecule has 136 valence electrons. The Hall–Kier alpha value is -1.83. The Morgan fingerprint density at radius 3 is 2.72 bits per heavy atom. The van der Waals surface area contributed by atoms with Gasteiger partial charge in [0.05, 0.1) is 32.5 Å². The van der Waals surface area contributed by atoms with Gasteiger partial charge in [-0.3, -0.25) is 0 Å². The fourth-order valence-electron chi connectivity index (χ4n) is 3.09. The highest BCUT2D eigenvalue weighted by Crippen LogP contribution is 2.38. The van der Waals surface area contributed by atoms with Gasteiger partial charge in [0.1, 0.15) is 11.9 Å². The number of ether oxygens (including phenoxy) is 5. The number of hydrogen-bond acceptors (Lipinski definition) is 6. The van der Waals surface area contributed by atoms with Crippen molar-refractivity contribution in [3.63, 3.8) is 0 Å². The molecular formula is C17H23N3O5. The van der Waals surface area contributed by atoms with Crippen LogP contribution in [-0.2, 0) is 25.6 Å². The van der Waals surface area contributed by atoms with Crippen LogP contribution < -0.4 is 4.74 Å². The van der Waals surface area contributed by atoms with Crippen LogP contribution in [0.4, 0.5) is 0 Å². The predicted octanol–water partition coefficient (Wildman–Crippen LogP) is 3.16. The van der Waals surface area contributed by atoms with E-state index in [1.54, 1.807) is 7.11 Å². The van der Waals surface area contributed by atoms with Crippen molar-refractivity contribution >= 4 is 0 Å². The Morgan fingerprint density at radius 2 is 2.08 bits per heavy atom. The summed E-state index contributed by atoms with van der Waals surface area (Å²) in [5.74, 6) is 0.156. The molecule has 1 aromatic rings. The highest BCUT2D eigenvalue weighted by Gasteiger charge is 2.50. The molecular weight excluding hydrogens is 326 g/mol. The van der Waals surface area contributed by atoms with E-state index in [0.717, 1.165) is 11.3 Å². The van der Waals surface area contributed by atoms with Gasteiger partial charge in [-0.2, -0.15) is 0 Å². The summed E-state index contributed by atoms with van der Waals surface area (Å²) in [6, 6.07) is 7.62. The number of fused-ring (bicyclic) bond motifs is 1. The monoisotopic (exact) mass is 349 g/mol. The zero-order valence-corrected chi connectivity index (χ0v) is 14.6. The fourth-order valence-corrected chi connectivity index (χ4v) is 3.09. The lowest BCUT2D eigenvalue weighted by Gasteiger charge is -2.25. The van der Waals surface area contributed by atoms with E-state index in [9.17, 15) is 0 Å². The second kappa shape index (κ2) is 7.59. The van der Waals surface area contributed by atoms with Gasteiger partial charge < -0.3 is 23.7 Å². The number of rotatable bonds is 7. The standard InChI is InChI=1S/C17H23N3O5/c1-17(2)24-14-8-13(23-16(14)25-17)15(9-19-20-18)22-10-11-4-6-12(21-3)7-5-11/h4-7,13-16H,8-10H2,1-3H3/t13-,14+,15+,16+/m0/s1. The van der Waals surface area contributed by atoms with E-state index in [1.165, 1.54) is 0 Å². The van der Waals surface area contributed by atoms with Gasteiger partial charge in [0.25, 0.3) is 0 Å². The molecule has 2 heterocycles. The van der Waals surface area contributed by atoms with E-state index in [-0.39, 0.29) is 24.9 Å². The summed E-state index contributed by atoms with van der Waals surface area (Å²) in [7, 11) is 1.63. The van der Waals surface area contributed by atoms with Crippen molar-refractivity contribution in [3.8, 4) is 5.75 Å². The minimum Gasteiger partial charge on any atom is -0.497 e. The van der Waals surface area contributed by atoms with Gasteiger partial charge in [0.2, 0.25) is 0 Å². The van der Waals surface area contributed by atoms with Gasteiger partial charge in [-0.1, -0.05) is 17.2 Å². The average molecular weight is 349 g/mol. The molecule has 0 bridgehead atoms. The highest BCUT2D eigenvalue weighted by molar-refractivity contribution is 5.26. The Kier molecular flexibility index (Phi) is 5.46. The van der Waals surface area contributed by atoms with Crippen LogP contribution in [0, 0.1) is 0 Å². The first kappa shape index (κ1) is 18.0. The SMILES string of the molecule is COc1ccc(CO[C@H](CN=[N+]=[N-])[C@@H]2C[C@H]3OC(C)(C)O[C@H]3O2)cc1. The summed E-state index contributed by atoms with van der Waals surface area (Å²) in [5, 5.41) is 3.65. The molecule has 0 amide bonds. The maximum Gasteiger partial charge on any atom is 0.187 e. The maximum atomic E-state index is 8.63. The van der Waals surface area contributed by atoms with Crippen LogP contribution in [0.2, 0.25) is 0 Å². The fraction of sp³-hybridized carbons (Fsp3) is 0.647. The minimum atomic E-state index is -0.634. The molecule has 2 fully saturated rings. The van der Waals surface area contributed by atoms with E-state index >= 15 is 0 Å². The van der Waals surface area contributed by atoms with E-state index in [1.807, 2.05) is 38.1 Å². The molecule has 8 heteroatoms. The van der Waals surface area contributed by atoms with E-state index in [2.05, 4.69) is 10.0 Å². The van der Waals surface area contributed by atoms with Crippen molar-refractivity contribution in [3.05, 3.63) is 40.3 Å². The molecule has 8 nitrogen and oxygen atoms in total. The number of benzene rings is 1. The molecule has 0 unspecified atom stereocenters. The summed E-state index contributed by atoms with van der Waals surface area (Å²) in [6.07, 6.45) is -0.493. The van der Waals surface area contributed by atoms with Gasteiger partial charge >= 0.3 is 0 Å². The summed E-state index contributed by atoms with van der Waals surface area (Å²) >= 11 is 0. The first-order chi connectivity index (χ1) is 12.0. The van der Waals surface area contributed by atoms with Crippen LogP contribution in [0.25, 0.3) is 10.4 Å². The second-order valence-corrected chi connectivity index (χ2v) is 6.56. The van der Waals surface area contributed by atoms with Crippen molar-refractivity contribution in [1.29, 1.82) is 0 Å². The van der Waals surface area contributed by atoms with E-state index < -0.39 is 12.1 Å². The Bertz CT molecular complexity index is 614. The lowest BCUT2D eigenvalue weighted by atomic mass is 10.1. The molecule has 4 atom stereocenters. The number of nitrogens with zero attached hydrogens (tertiary/aromatic N) is 3. The molecule has 2 aliphatic rings. The topological polar surface area (TPSA) is 94.9 Å². The molecule has 2 saturated heterocycles. The first-order valence-electron chi connectivity index (χ1n) is 8.27. The molecule has 0 aliphatic carbocycles. The maximum absolute atomic E-state index is 8.63. The second-order valence-electron chi connectivity index (χ2n) is 6.56. The van der Waals surface area contributed by atoms with Gasteiger partial charge in [0, 0.05) is 11.3 Å². The molecule has 0 N–H and O–H groups in total. The predicted molar refractivity (Wildman–Crippen MR) is 88.9 cm³/mol. The van der Waals surface area contributed by atoms with Gasteiger partial charge in [-0.05, 0) is 37.1 Å². The largest absolute Gasteiger partial charge is 0.497 e. The van der Waals surface area contributed by atoms with Crippen LogP contribution in [0.3, 0.4) is 0 Å². The Morgan fingerprint density at radius 1 is 1.32 bits per heavy atom. The Balaban J connectivity index is 1.59. The van der Waals surface area contributed by atoms with Crippen LogP contribution in [0.1, 0.15) is 25.8 Å². The van der Waals surface area contributed by atoms with Crippen molar-refractivity contribution in [2.75, 3.05) is 13.7 Å². The number of hydrogen-bond donors (Lipinski definition) is 0. The normalized spacial score (nSPS) is 28.2. The van der Waals surface area contributed by atoms with Crippen LogP contribution in [-0.4, -0.2) is 44.0 Å². The first-order valence-corrected chi connectivity index (χ1v) is 8.27. The van der Waals surface area contributed by atoms with Crippen molar-refractivity contribution in [2.24, 2.45) is 5.11 Å². The summed E-state index contributed by atoms with van der Waals surface area (Å²) in [6.45, 7) is 4.31. The summed E-state index contributed by atoms with van der Waals surface area (Å²) in [5.41, 5.74) is 9.63. The van der Waals surface area contributed by atoms with E-state index in [0.29, 0.717) is 13.0 Å². The molecule has 2 aliphatic heterocycles. The molecule has 3 rings (SSSR count). The van der Waals surface area contributed by atoms with Gasteiger partial charge in [-0.25, -0.2) is 0 Å². The summed E-state index contributed by atoms with van der Waals surface area (Å²) in [4.78, 5) is 2.83. The van der Waals surface area contributed by atoms with Crippen LogP contribution in [0.15, 0.2) is 29.4 Å². The lowest BCUT2D eigenvalue weighted by Crippen LogP contribution is -2.34. The zero-order valence-electron chi connectivity index (χ0n) is 14.6. The third-order valence-corrected chi connectivity index (χ3v) is 4.27. The lowest BCUT2D eigenvalue weighted by molar-refractivity contribution is -0.216. The minimum absolute atomic E-state index is 0.127. The number of azide groups is 1. The van der Waals surface area contributed by atoms with Crippen molar-refractivity contribution in [2.45, 2.75) is 57.3 Å². The molecule has 25 heavy (non-hydrogen) atoms. The number of methoxy groups -OCH3 is 1. The summed E-state index contributed by atoms with van der Waals surface area (Å²) < 4.78 is 28.6.